The fourth-order valence-corrected chi connectivity index (χ4v) is 2.56. The summed E-state index contributed by atoms with van der Waals surface area (Å²) in [6, 6.07) is 12.9. The third-order valence-corrected chi connectivity index (χ3v) is 3.78. The molecule has 0 aliphatic carbocycles. The lowest BCUT2D eigenvalue weighted by atomic mass is 10.1. The van der Waals surface area contributed by atoms with Crippen LogP contribution in [0.15, 0.2) is 67.1 Å². The van der Waals surface area contributed by atoms with Gasteiger partial charge in [0.1, 0.15) is 5.82 Å². The van der Waals surface area contributed by atoms with E-state index in [4.69, 9.17) is 4.84 Å². The Kier molecular flexibility index (Phi) is 3.39. The fourth-order valence-electron chi connectivity index (χ4n) is 2.56. The van der Waals surface area contributed by atoms with E-state index in [1.165, 1.54) is 30.5 Å². The highest BCUT2D eigenvalue weighted by atomic mass is 16.7. The maximum absolute atomic E-state index is 12.4. The number of hydrogen-bond acceptors (Lipinski definition) is 5. The average Bonchev–Trinajstić information content (AvgIpc) is 3.26. The highest BCUT2D eigenvalue weighted by molar-refractivity contribution is 6.21. The van der Waals surface area contributed by atoms with Crippen LogP contribution in [0.3, 0.4) is 0 Å². The molecule has 7 nitrogen and oxygen atoms in total. The first kappa shape index (κ1) is 14.8. The standard InChI is InChI=1S/C18H11N3O4/c22-16-13-5-1-2-6-14(13)17(23)21(16)25-18(24)12-7-8-19-15(11-12)20-9-3-4-10-20/h1-11H. The summed E-state index contributed by atoms with van der Waals surface area (Å²) in [5, 5.41) is 0.489. The first-order valence-electron chi connectivity index (χ1n) is 7.44. The number of carbonyl (C=O) groups excluding carboxylic acids is 3. The van der Waals surface area contributed by atoms with Gasteiger partial charge in [0.2, 0.25) is 0 Å². The van der Waals surface area contributed by atoms with E-state index in [0.717, 1.165) is 0 Å². The monoisotopic (exact) mass is 333 g/mol. The molecule has 0 bridgehead atoms. The molecular weight excluding hydrogens is 322 g/mol. The van der Waals surface area contributed by atoms with Gasteiger partial charge in [-0.15, -0.1) is 0 Å². The van der Waals surface area contributed by atoms with Gasteiger partial charge >= 0.3 is 5.97 Å². The highest BCUT2D eigenvalue weighted by Gasteiger charge is 2.38. The normalized spacial score (nSPS) is 13.0. The summed E-state index contributed by atoms with van der Waals surface area (Å²) in [5.41, 5.74) is 0.598. The Morgan fingerprint density at radius 3 is 2.20 bits per heavy atom. The summed E-state index contributed by atoms with van der Waals surface area (Å²) in [6.45, 7) is 0. The summed E-state index contributed by atoms with van der Waals surface area (Å²) in [4.78, 5) is 46.0. The lowest BCUT2D eigenvalue weighted by molar-refractivity contribution is -0.0584. The van der Waals surface area contributed by atoms with Crippen molar-refractivity contribution < 1.29 is 19.2 Å². The first-order chi connectivity index (χ1) is 12.1. The number of fused-ring (bicyclic) bond motifs is 1. The molecule has 0 fully saturated rings. The van der Waals surface area contributed by atoms with Gasteiger partial charge in [0, 0.05) is 18.6 Å². The minimum absolute atomic E-state index is 0.176. The van der Waals surface area contributed by atoms with E-state index in [1.54, 1.807) is 29.1 Å². The van der Waals surface area contributed by atoms with Crippen molar-refractivity contribution in [3.63, 3.8) is 0 Å². The Morgan fingerprint density at radius 2 is 1.56 bits per heavy atom. The Hall–Kier alpha value is -3.74. The Labute approximate surface area is 142 Å². The smallest absolute Gasteiger partial charge is 0.324 e. The van der Waals surface area contributed by atoms with Crippen LogP contribution in [0, 0.1) is 0 Å². The summed E-state index contributed by atoms with van der Waals surface area (Å²) in [7, 11) is 0. The van der Waals surface area contributed by atoms with Gasteiger partial charge in [-0.1, -0.05) is 17.2 Å². The molecule has 0 unspecified atom stereocenters. The maximum Gasteiger partial charge on any atom is 0.364 e. The van der Waals surface area contributed by atoms with Gasteiger partial charge in [0.05, 0.1) is 16.7 Å². The molecule has 0 N–H and O–H groups in total. The summed E-state index contributed by atoms with van der Waals surface area (Å²) < 4.78 is 1.72. The molecule has 0 saturated carbocycles. The molecule has 0 radical (unpaired) electrons. The SMILES string of the molecule is O=C(ON1C(=O)c2ccccc2C1=O)c1ccnc(-n2cccc2)c1. The lowest BCUT2D eigenvalue weighted by Gasteiger charge is -2.13. The van der Waals surface area contributed by atoms with Crippen LogP contribution < -0.4 is 0 Å². The zero-order chi connectivity index (χ0) is 17.4. The third kappa shape index (κ3) is 2.47. The van der Waals surface area contributed by atoms with Crippen LogP contribution in [-0.2, 0) is 4.84 Å². The van der Waals surface area contributed by atoms with Crippen LogP contribution in [-0.4, -0.2) is 32.4 Å². The van der Waals surface area contributed by atoms with E-state index < -0.39 is 17.8 Å². The molecule has 2 amide bonds. The van der Waals surface area contributed by atoms with Crippen LogP contribution in [0.5, 0.6) is 0 Å². The van der Waals surface area contributed by atoms with Gasteiger partial charge in [0.25, 0.3) is 11.8 Å². The molecule has 0 spiro atoms. The van der Waals surface area contributed by atoms with Crippen molar-refractivity contribution in [2.24, 2.45) is 0 Å². The summed E-state index contributed by atoms with van der Waals surface area (Å²) in [5.74, 6) is -1.62. The van der Waals surface area contributed by atoms with Crippen molar-refractivity contribution in [1.29, 1.82) is 0 Å². The number of nitrogens with zero attached hydrogens (tertiary/aromatic N) is 3. The van der Waals surface area contributed by atoms with Crippen LogP contribution in [0.25, 0.3) is 5.82 Å². The Morgan fingerprint density at radius 1 is 0.920 bits per heavy atom. The second kappa shape index (κ2) is 5.72. The molecule has 7 heteroatoms. The van der Waals surface area contributed by atoms with E-state index in [2.05, 4.69) is 4.98 Å². The molecule has 3 heterocycles. The van der Waals surface area contributed by atoms with E-state index in [-0.39, 0.29) is 16.7 Å². The molecular formula is C18H11N3O4. The van der Waals surface area contributed by atoms with Crippen molar-refractivity contribution in [2.45, 2.75) is 0 Å². The zero-order valence-corrected chi connectivity index (χ0v) is 12.8. The number of amides is 2. The molecule has 1 aliphatic heterocycles. The predicted octanol–water partition coefficient (Wildman–Crippen LogP) is 2.24. The Bertz CT molecular complexity index is 960. The molecule has 0 saturated heterocycles. The van der Waals surface area contributed by atoms with E-state index >= 15 is 0 Å². The number of aromatic nitrogens is 2. The number of carbonyl (C=O) groups is 3. The number of hydroxylamine groups is 2. The third-order valence-electron chi connectivity index (χ3n) is 3.78. The van der Waals surface area contributed by atoms with Gasteiger partial charge in [-0.2, -0.15) is 0 Å². The second-order valence-corrected chi connectivity index (χ2v) is 5.32. The van der Waals surface area contributed by atoms with E-state index in [1.807, 2.05) is 12.1 Å². The van der Waals surface area contributed by atoms with Crippen LogP contribution in [0.1, 0.15) is 31.1 Å². The number of rotatable bonds is 3. The lowest BCUT2D eigenvalue weighted by Crippen LogP contribution is -2.32. The Balaban J connectivity index is 1.58. The van der Waals surface area contributed by atoms with Gasteiger partial charge in [0.15, 0.2) is 0 Å². The van der Waals surface area contributed by atoms with Crippen molar-refractivity contribution >= 4 is 17.8 Å². The largest absolute Gasteiger partial charge is 0.364 e. The minimum Gasteiger partial charge on any atom is -0.324 e. The van der Waals surface area contributed by atoms with Crippen LogP contribution in [0.4, 0.5) is 0 Å². The number of hydrogen-bond donors (Lipinski definition) is 0. The number of pyridine rings is 1. The average molecular weight is 333 g/mol. The first-order valence-corrected chi connectivity index (χ1v) is 7.44. The molecule has 25 heavy (non-hydrogen) atoms. The van der Waals surface area contributed by atoms with Gasteiger partial charge in [-0.25, -0.2) is 9.78 Å². The molecule has 122 valence electrons. The molecule has 2 aromatic heterocycles. The summed E-state index contributed by atoms with van der Waals surface area (Å²) >= 11 is 0. The van der Waals surface area contributed by atoms with Crippen LogP contribution in [0.2, 0.25) is 0 Å². The fraction of sp³-hybridized carbons (Fsp3) is 0. The van der Waals surface area contributed by atoms with Crippen molar-refractivity contribution in [2.75, 3.05) is 0 Å². The van der Waals surface area contributed by atoms with Crippen molar-refractivity contribution in [1.82, 2.24) is 14.6 Å². The maximum atomic E-state index is 12.4. The second-order valence-electron chi connectivity index (χ2n) is 5.32. The highest BCUT2D eigenvalue weighted by Crippen LogP contribution is 2.23. The van der Waals surface area contributed by atoms with E-state index in [0.29, 0.717) is 10.9 Å². The molecule has 1 aliphatic rings. The zero-order valence-electron chi connectivity index (χ0n) is 12.8. The van der Waals surface area contributed by atoms with E-state index in [9.17, 15) is 14.4 Å². The van der Waals surface area contributed by atoms with Gasteiger partial charge in [-0.05, 0) is 36.4 Å². The number of imide groups is 1. The molecule has 4 rings (SSSR count). The van der Waals surface area contributed by atoms with Crippen molar-refractivity contribution in [3.05, 3.63) is 83.8 Å². The van der Waals surface area contributed by atoms with Gasteiger partial charge < -0.3 is 9.40 Å². The molecule has 3 aromatic rings. The predicted molar refractivity (Wildman–Crippen MR) is 85.9 cm³/mol. The number of benzene rings is 1. The minimum atomic E-state index is -0.815. The topological polar surface area (TPSA) is 81.5 Å². The van der Waals surface area contributed by atoms with Crippen molar-refractivity contribution in [3.8, 4) is 5.82 Å². The molecule has 1 aromatic carbocycles. The molecule has 0 atom stereocenters. The van der Waals surface area contributed by atoms with Gasteiger partial charge in [-0.3, -0.25) is 9.59 Å². The quantitative estimate of drug-likeness (QED) is 0.687. The van der Waals surface area contributed by atoms with Crippen LogP contribution >= 0.6 is 0 Å². The summed E-state index contributed by atoms with van der Waals surface area (Å²) in [6.07, 6.45) is 5.01.